The van der Waals surface area contributed by atoms with Crippen molar-refractivity contribution in [2.24, 2.45) is 5.92 Å². The standard InChI is InChI=1S/C30H38N4O3S/c1-4-34(33-25-14-16-26(37-3)17-15-25)30(36)27(18-13-22-9-6-5-7-10-22)32-29(35)24-12-8-11-23(19-24)28-20-38-21(2)31-28/h8,11-12,14-17,19-20,22,27,33H,4-7,9-10,13,18H2,1-3H3,(H,32,35). The molecule has 2 aromatic carbocycles. The number of methoxy groups -OCH3 is 1. The minimum Gasteiger partial charge on any atom is -0.497 e. The highest BCUT2D eigenvalue weighted by Crippen LogP contribution is 2.28. The van der Waals surface area contributed by atoms with Crippen molar-refractivity contribution in [1.29, 1.82) is 0 Å². The first-order valence-corrected chi connectivity index (χ1v) is 14.4. The molecule has 0 aliphatic heterocycles. The van der Waals surface area contributed by atoms with Crippen LogP contribution in [0.2, 0.25) is 0 Å². The number of likely N-dealkylation sites (N-methyl/N-ethyl adjacent to an activating group) is 1. The van der Waals surface area contributed by atoms with Crippen LogP contribution in [0.25, 0.3) is 11.3 Å². The number of hydrogen-bond acceptors (Lipinski definition) is 6. The monoisotopic (exact) mass is 534 g/mol. The van der Waals surface area contributed by atoms with Crippen LogP contribution in [0.1, 0.15) is 67.2 Å². The summed E-state index contributed by atoms with van der Waals surface area (Å²) in [6, 6.07) is 14.3. The van der Waals surface area contributed by atoms with E-state index < -0.39 is 6.04 Å². The highest BCUT2D eigenvalue weighted by atomic mass is 32.1. The Kier molecular flexibility index (Phi) is 9.76. The molecule has 1 unspecified atom stereocenters. The first kappa shape index (κ1) is 27.6. The third-order valence-corrected chi connectivity index (χ3v) is 7.94. The Hall–Kier alpha value is -3.39. The van der Waals surface area contributed by atoms with Crippen LogP contribution in [0.3, 0.4) is 0 Å². The summed E-state index contributed by atoms with van der Waals surface area (Å²) < 4.78 is 5.24. The predicted molar refractivity (Wildman–Crippen MR) is 153 cm³/mol. The zero-order chi connectivity index (χ0) is 26.9. The number of carbonyl (C=O) groups is 2. The fraction of sp³-hybridized carbons (Fsp3) is 0.433. The lowest BCUT2D eigenvalue weighted by atomic mass is 9.85. The number of ether oxygens (including phenoxy) is 1. The summed E-state index contributed by atoms with van der Waals surface area (Å²) in [6.45, 7) is 4.35. The number of benzene rings is 2. The Balaban J connectivity index is 1.50. The highest BCUT2D eigenvalue weighted by molar-refractivity contribution is 7.09. The summed E-state index contributed by atoms with van der Waals surface area (Å²) in [7, 11) is 1.62. The van der Waals surface area contributed by atoms with E-state index in [2.05, 4.69) is 15.7 Å². The molecule has 1 saturated carbocycles. The quantitative estimate of drug-likeness (QED) is 0.276. The molecule has 7 nitrogen and oxygen atoms in total. The molecule has 4 rings (SSSR count). The molecule has 0 spiro atoms. The summed E-state index contributed by atoms with van der Waals surface area (Å²) in [5.74, 6) is 0.967. The summed E-state index contributed by atoms with van der Waals surface area (Å²) in [4.78, 5) is 31.7. The Morgan fingerprint density at radius 2 is 1.89 bits per heavy atom. The Bertz CT molecular complexity index is 1200. The minimum absolute atomic E-state index is 0.140. The molecule has 38 heavy (non-hydrogen) atoms. The SMILES string of the molecule is CCN(Nc1ccc(OC)cc1)C(=O)C(CCC1CCCCC1)NC(=O)c1cccc(-c2csc(C)n2)c1. The number of hydrazine groups is 1. The van der Waals surface area contributed by atoms with E-state index in [0.717, 1.165) is 34.1 Å². The van der Waals surface area contributed by atoms with Gasteiger partial charge in [0.1, 0.15) is 11.8 Å². The van der Waals surface area contributed by atoms with Gasteiger partial charge in [-0.2, -0.15) is 0 Å². The number of aromatic nitrogens is 1. The third-order valence-electron chi connectivity index (χ3n) is 7.17. The van der Waals surface area contributed by atoms with E-state index in [1.54, 1.807) is 29.5 Å². The zero-order valence-corrected chi connectivity index (χ0v) is 23.4. The van der Waals surface area contributed by atoms with Gasteiger partial charge in [0, 0.05) is 23.1 Å². The van der Waals surface area contributed by atoms with Crippen LogP contribution in [0.5, 0.6) is 5.75 Å². The molecule has 1 fully saturated rings. The average Bonchev–Trinajstić information content (AvgIpc) is 3.40. The molecule has 1 aliphatic carbocycles. The average molecular weight is 535 g/mol. The molecule has 3 aromatic rings. The molecule has 0 radical (unpaired) electrons. The fourth-order valence-electron chi connectivity index (χ4n) is 4.99. The van der Waals surface area contributed by atoms with Gasteiger partial charge in [-0.3, -0.25) is 20.0 Å². The van der Waals surface area contributed by atoms with Crippen LogP contribution in [-0.4, -0.2) is 41.5 Å². The van der Waals surface area contributed by atoms with Crippen molar-refractivity contribution in [1.82, 2.24) is 15.3 Å². The maximum Gasteiger partial charge on any atom is 0.263 e. The number of carbonyl (C=O) groups excluding carboxylic acids is 2. The van der Waals surface area contributed by atoms with Gasteiger partial charge in [-0.1, -0.05) is 44.2 Å². The van der Waals surface area contributed by atoms with Crippen molar-refractivity contribution in [2.45, 2.75) is 64.8 Å². The van der Waals surface area contributed by atoms with Crippen LogP contribution >= 0.6 is 11.3 Å². The molecule has 0 bridgehead atoms. The van der Waals surface area contributed by atoms with Crippen LogP contribution < -0.4 is 15.5 Å². The molecule has 1 aromatic heterocycles. The van der Waals surface area contributed by atoms with E-state index in [0.29, 0.717) is 24.4 Å². The van der Waals surface area contributed by atoms with Crippen LogP contribution in [0.4, 0.5) is 5.69 Å². The number of thiazole rings is 1. The number of anilines is 1. The molecule has 2 amide bonds. The van der Waals surface area contributed by atoms with Crippen molar-refractivity contribution in [2.75, 3.05) is 19.1 Å². The van der Waals surface area contributed by atoms with Gasteiger partial charge >= 0.3 is 0 Å². The lowest BCUT2D eigenvalue weighted by molar-refractivity contribution is -0.132. The fourth-order valence-corrected chi connectivity index (χ4v) is 5.61. The van der Waals surface area contributed by atoms with Crippen molar-refractivity contribution >= 4 is 28.8 Å². The smallest absolute Gasteiger partial charge is 0.263 e. The largest absolute Gasteiger partial charge is 0.497 e. The van der Waals surface area contributed by atoms with Gasteiger partial charge in [-0.25, -0.2) is 4.98 Å². The second-order valence-electron chi connectivity index (χ2n) is 9.86. The van der Waals surface area contributed by atoms with Gasteiger partial charge in [-0.05, 0) is 69.0 Å². The van der Waals surface area contributed by atoms with E-state index in [1.165, 1.54) is 32.1 Å². The third kappa shape index (κ3) is 7.34. The molecule has 0 saturated heterocycles. The molecule has 202 valence electrons. The normalized spacial score (nSPS) is 14.5. The van der Waals surface area contributed by atoms with Gasteiger partial charge in [0.15, 0.2) is 0 Å². The van der Waals surface area contributed by atoms with E-state index in [1.807, 2.05) is 61.7 Å². The van der Waals surface area contributed by atoms with E-state index in [-0.39, 0.29) is 11.8 Å². The second kappa shape index (κ2) is 13.4. The summed E-state index contributed by atoms with van der Waals surface area (Å²) in [5, 5.41) is 7.62. The molecule has 1 atom stereocenters. The maximum atomic E-state index is 13.7. The number of aryl methyl sites for hydroxylation is 1. The topological polar surface area (TPSA) is 83.6 Å². The minimum atomic E-state index is -0.625. The number of nitrogens with one attached hydrogen (secondary N) is 2. The number of rotatable bonds is 11. The van der Waals surface area contributed by atoms with Gasteiger partial charge in [0.2, 0.25) is 0 Å². The lowest BCUT2D eigenvalue weighted by Gasteiger charge is -2.29. The molecule has 8 heteroatoms. The lowest BCUT2D eigenvalue weighted by Crippen LogP contribution is -2.50. The van der Waals surface area contributed by atoms with E-state index >= 15 is 0 Å². The molecular formula is C30H38N4O3S. The number of hydrogen-bond donors (Lipinski definition) is 2. The summed E-state index contributed by atoms with van der Waals surface area (Å²) >= 11 is 1.58. The molecule has 1 aliphatic rings. The van der Waals surface area contributed by atoms with Crippen molar-refractivity contribution < 1.29 is 14.3 Å². The van der Waals surface area contributed by atoms with Crippen molar-refractivity contribution in [3.05, 3.63) is 64.5 Å². The zero-order valence-electron chi connectivity index (χ0n) is 22.5. The Morgan fingerprint density at radius 3 is 2.55 bits per heavy atom. The maximum absolute atomic E-state index is 13.7. The Labute approximate surface area is 229 Å². The highest BCUT2D eigenvalue weighted by Gasteiger charge is 2.27. The Morgan fingerprint density at radius 1 is 1.13 bits per heavy atom. The van der Waals surface area contributed by atoms with E-state index in [4.69, 9.17) is 4.74 Å². The molecule has 1 heterocycles. The van der Waals surface area contributed by atoms with Crippen molar-refractivity contribution in [3.8, 4) is 17.0 Å². The first-order chi connectivity index (χ1) is 18.5. The molecule has 2 N–H and O–H groups in total. The second-order valence-corrected chi connectivity index (χ2v) is 10.9. The predicted octanol–water partition coefficient (Wildman–Crippen LogP) is 6.46. The molecular weight excluding hydrogens is 496 g/mol. The van der Waals surface area contributed by atoms with Gasteiger partial charge in [0.25, 0.3) is 11.8 Å². The van der Waals surface area contributed by atoms with E-state index in [9.17, 15) is 9.59 Å². The van der Waals surface area contributed by atoms with Gasteiger partial charge in [-0.15, -0.1) is 11.3 Å². The van der Waals surface area contributed by atoms with Gasteiger partial charge < -0.3 is 10.1 Å². The number of nitrogens with zero attached hydrogens (tertiary/aromatic N) is 2. The van der Waals surface area contributed by atoms with Crippen molar-refractivity contribution in [3.63, 3.8) is 0 Å². The van der Waals surface area contributed by atoms with Gasteiger partial charge in [0.05, 0.1) is 23.5 Å². The summed E-state index contributed by atoms with van der Waals surface area (Å²) in [6.07, 6.45) is 7.73. The van der Waals surface area contributed by atoms with Crippen LogP contribution in [0.15, 0.2) is 53.9 Å². The first-order valence-electron chi connectivity index (χ1n) is 13.5. The number of amides is 2. The van der Waals surface area contributed by atoms with Crippen LogP contribution in [-0.2, 0) is 4.79 Å². The summed E-state index contributed by atoms with van der Waals surface area (Å²) in [5.41, 5.74) is 6.27. The van der Waals surface area contributed by atoms with Crippen LogP contribution in [0, 0.1) is 12.8 Å².